The van der Waals surface area contributed by atoms with Crippen molar-refractivity contribution < 1.29 is 14.3 Å². The lowest BCUT2D eigenvalue weighted by Gasteiger charge is -2.16. The zero-order valence-electron chi connectivity index (χ0n) is 23.8. The predicted octanol–water partition coefficient (Wildman–Crippen LogP) is 9.33. The lowest BCUT2D eigenvalue weighted by atomic mass is 9.96. The molecule has 0 saturated carbocycles. The maximum Gasteiger partial charge on any atom is 0.241 e. The second-order valence-corrected chi connectivity index (χ2v) is 12.1. The molecule has 0 aliphatic carbocycles. The summed E-state index contributed by atoms with van der Waals surface area (Å²) in [6.07, 6.45) is 1.59. The second kappa shape index (κ2) is 15.4. The number of amides is 1. The molecule has 1 heterocycles. The molecule has 0 saturated heterocycles. The fourth-order valence-corrected chi connectivity index (χ4v) is 6.38. The van der Waals surface area contributed by atoms with Crippen molar-refractivity contribution in [3.05, 3.63) is 110 Å². The third-order valence-corrected chi connectivity index (χ3v) is 9.05. The van der Waals surface area contributed by atoms with E-state index in [0.29, 0.717) is 67.7 Å². The van der Waals surface area contributed by atoms with Crippen molar-refractivity contribution in [2.24, 2.45) is 5.92 Å². The quantitative estimate of drug-likeness (QED) is 0.143. The number of aromatic amines is 1. The highest BCUT2D eigenvalue weighted by Gasteiger charge is 2.28. The summed E-state index contributed by atoms with van der Waals surface area (Å²) in [5, 5.41) is 4.42. The second-order valence-electron chi connectivity index (χ2n) is 10.1. The first-order valence-corrected chi connectivity index (χ1v) is 15.6. The maximum absolute atomic E-state index is 12.8. The third kappa shape index (κ3) is 8.11. The summed E-state index contributed by atoms with van der Waals surface area (Å²) in [6.45, 7) is 2.11. The summed E-state index contributed by atoms with van der Waals surface area (Å²) in [4.78, 5) is 20.7. The van der Waals surface area contributed by atoms with Gasteiger partial charge in [-0.05, 0) is 53.6 Å². The number of nitrogens with zero attached hydrogens (tertiary/aromatic N) is 2. The highest BCUT2D eigenvalue weighted by atomic mass is 35.5. The van der Waals surface area contributed by atoms with Gasteiger partial charge in [-0.1, -0.05) is 84.2 Å². The first-order chi connectivity index (χ1) is 20.6. The Morgan fingerprint density at radius 2 is 1.53 bits per heavy atom. The van der Waals surface area contributed by atoms with Gasteiger partial charge in [0.15, 0.2) is 11.5 Å². The van der Waals surface area contributed by atoms with Gasteiger partial charge in [0.05, 0.1) is 30.6 Å². The summed E-state index contributed by atoms with van der Waals surface area (Å²) in [6, 6.07) is 18.3. The molecule has 1 aromatic heterocycles. The van der Waals surface area contributed by atoms with Crippen molar-refractivity contribution in [2.75, 3.05) is 14.2 Å². The standard InChI is InChI=1S/C32H31Cl5N3O3/c1-18(16-19-13-14-24(42-2)32(43-3)27(19)35)12-15-26(41)38-17-25-39-30(28(36)20-8-4-6-10-22(20)33)31(40-25)29(37)21-9-5-7-11-23(21)34/h4-11,13-14,18,28-29H,12,15-17H2,1-3H3,(H,39,40). The van der Waals surface area contributed by atoms with E-state index in [-0.39, 0.29) is 24.8 Å². The SMILES string of the molecule is COc1ccc(CC(C)CCC(=O)[N]Cc2nc(C(Cl)c3ccccc3Cl)c(C(Cl)c3ccccc3Cl)[nH]2)c(Cl)c1OC. The number of ether oxygens (including phenoxy) is 2. The van der Waals surface area contributed by atoms with E-state index in [4.69, 9.17) is 72.5 Å². The van der Waals surface area contributed by atoms with Crippen LogP contribution in [0.2, 0.25) is 15.1 Å². The molecule has 0 aliphatic heterocycles. The molecule has 0 bridgehead atoms. The largest absolute Gasteiger partial charge is 0.493 e. The summed E-state index contributed by atoms with van der Waals surface area (Å²) >= 11 is 33.3. The van der Waals surface area contributed by atoms with Gasteiger partial charge in [0.2, 0.25) is 5.91 Å². The van der Waals surface area contributed by atoms with Crippen LogP contribution in [0.5, 0.6) is 11.5 Å². The monoisotopic (exact) mass is 680 g/mol. The van der Waals surface area contributed by atoms with E-state index >= 15 is 0 Å². The van der Waals surface area contributed by atoms with Crippen LogP contribution in [0.4, 0.5) is 0 Å². The van der Waals surface area contributed by atoms with Crippen LogP contribution in [-0.4, -0.2) is 30.1 Å². The van der Waals surface area contributed by atoms with Gasteiger partial charge in [0.1, 0.15) is 23.1 Å². The van der Waals surface area contributed by atoms with Gasteiger partial charge in [0.25, 0.3) is 0 Å². The number of aromatic nitrogens is 2. The summed E-state index contributed by atoms with van der Waals surface area (Å²) < 4.78 is 10.7. The van der Waals surface area contributed by atoms with Crippen LogP contribution in [-0.2, 0) is 17.8 Å². The van der Waals surface area contributed by atoms with Crippen LogP contribution in [0.1, 0.15) is 64.4 Å². The number of benzene rings is 3. The molecule has 6 nitrogen and oxygen atoms in total. The minimum Gasteiger partial charge on any atom is -0.493 e. The van der Waals surface area contributed by atoms with Crippen LogP contribution in [0.25, 0.3) is 0 Å². The molecule has 0 spiro atoms. The number of halogens is 5. The molecular formula is C32H31Cl5N3O3. The molecule has 4 aromatic rings. The first-order valence-electron chi connectivity index (χ1n) is 13.6. The van der Waals surface area contributed by atoms with E-state index < -0.39 is 10.8 Å². The van der Waals surface area contributed by atoms with Gasteiger partial charge in [0, 0.05) is 16.5 Å². The predicted molar refractivity (Wildman–Crippen MR) is 174 cm³/mol. The number of carbonyl (C=O) groups excluding carboxylic acids is 1. The molecule has 3 atom stereocenters. The zero-order valence-corrected chi connectivity index (χ0v) is 27.6. The van der Waals surface area contributed by atoms with Crippen molar-refractivity contribution in [3.8, 4) is 11.5 Å². The number of carbonyl (C=O) groups is 1. The Kier molecular flexibility index (Phi) is 11.9. The van der Waals surface area contributed by atoms with Gasteiger partial charge < -0.3 is 14.5 Å². The lowest BCUT2D eigenvalue weighted by molar-refractivity contribution is -0.121. The fourth-order valence-electron chi connectivity index (χ4n) is 4.76. The van der Waals surface area contributed by atoms with E-state index in [9.17, 15) is 4.79 Å². The zero-order chi connectivity index (χ0) is 31.1. The molecule has 0 aliphatic rings. The fraction of sp³-hybridized carbons (Fsp3) is 0.312. The Morgan fingerprint density at radius 3 is 2.14 bits per heavy atom. The molecule has 3 aromatic carbocycles. The maximum atomic E-state index is 12.8. The van der Waals surface area contributed by atoms with Crippen molar-refractivity contribution in [3.63, 3.8) is 0 Å². The molecule has 227 valence electrons. The van der Waals surface area contributed by atoms with Gasteiger partial charge in [-0.2, -0.15) is 0 Å². The molecule has 0 fully saturated rings. The van der Waals surface area contributed by atoms with Crippen LogP contribution in [0, 0.1) is 5.92 Å². The number of methoxy groups -OCH3 is 2. The molecule has 11 heteroatoms. The highest BCUT2D eigenvalue weighted by molar-refractivity contribution is 6.34. The molecule has 1 radical (unpaired) electrons. The topological polar surface area (TPSA) is 78.3 Å². The Labute approximate surface area is 277 Å². The lowest BCUT2D eigenvalue weighted by Crippen LogP contribution is -2.17. The smallest absolute Gasteiger partial charge is 0.241 e. The first kappa shape index (κ1) is 33.3. The molecule has 4 rings (SSSR count). The number of alkyl halides is 2. The van der Waals surface area contributed by atoms with Crippen molar-refractivity contribution in [2.45, 2.75) is 43.5 Å². The number of H-pyrrole nitrogens is 1. The summed E-state index contributed by atoms with van der Waals surface area (Å²) in [5.41, 5.74) is 3.36. The Balaban J connectivity index is 1.44. The van der Waals surface area contributed by atoms with Crippen molar-refractivity contribution in [1.29, 1.82) is 0 Å². The minimum atomic E-state index is -0.697. The van der Waals surface area contributed by atoms with Gasteiger partial charge >= 0.3 is 0 Å². The molecule has 1 amide bonds. The molecule has 3 unspecified atom stereocenters. The van der Waals surface area contributed by atoms with Crippen LogP contribution >= 0.6 is 58.0 Å². The van der Waals surface area contributed by atoms with E-state index in [1.807, 2.05) is 48.5 Å². The Morgan fingerprint density at radius 1 is 0.907 bits per heavy atom. The highest BCUT2D eigenvalue weighted by Crippen LogP contribution is 2.41. The van der Waals surface area contributed by atoms with Gasteiger partial charge in [-0.3, -0.25) is 4.79 Å². The molecular weight excluding hydrogens is 652 g/mol. The van der Waals surface area contributed by atoms with E-state index in [1.54, 1.807) is 26.4 Å². The number of nitrogens with one attached hydrogen (secondary N) is 1. The van der Waals surface area contributed by atoms with Crippen molar-refractivity contribution in [1.82, 2.24) is 15.3 Å². The van der Waals surface area contributed by atoms with E-state index in [2.05, 4.69) is 17.2 Å². The summed E-state index contributed by atoms with van der Waals surface area (Å²) in [7, 11) is 3.12. The normalized spacial score (nSPS) is 13.3. The van der Waals surface area contributed by atoms with Crippen LogP contribution in [0.3, 0.4) is 0 Å². The van der Waals surface area contributed by atoms with Crippen LogP contribution in [0.15, 0.2) is 60.7 Å². The van der Waals surface area contributed by atoms with Crippen molar-refractivity contribution >= 4 is 63.9 Å². The minimum absolute atomic E-state index is 0.0416. The number of imidazole rings is 1. The third-order valence-electron chi connectivity index (χ3n) is 7.05. The Bertz CT molecular complexity index is 1490. The molecule has 43 heavy (non-hydrogen) atoms. The Hall–Kier alpha value is -2.61. The van der Waals surface area contributed by atoms with Gasteiger partial charge in [-0.25, -0.2) is 10.3 Å². The summed E-state index contributed by atoms with van der Waals surface area (Å²) in [5.74, 6) is 1.48. The average Bonchev–Trinajstić information content (AvgIpc) is 3.44. The van der Waals surface area contributed by atoms with E-state index in [0.717, 1.165) is 5.56 Å². The molecule has 1 N–H and O–H groups in total. The van der Waals surface area contributed by atoms with E-state index in [1.165, 1.54) is 0 Å². The number of rotatable bonds is 13. The number of hydrogen-bond donors (Lipinski definition) is 1. The number of hydrogen-bond acceptors (Lipinski definition) is 4. The van der Waals surface area contributed by atoms with Crippen LogP contribution < -0.4 is 14.8 Å². The average molecular weight is 683 g/mol. The van der Waals surface area contributed by atoms with Gasteiger partial charge in [-0.15, -0.1) is 23.2 Å².